The van der Waals surface area contributed by atoms with E-state index >= 15 is 0 Å². The minimum atomic E-state index is 0.147. The summed E-state index contributed by atoms with van der Waals surface area (Å²) < 4.78 is 5.46. The van der Waals surface area contributed by atoms with Crippen molar-refractivity contribution in [3.63, 3.8) is 0 Å². The summed E-state index contributed by atoms with van der Waals surface area (Å²) >= 11 is 0. The topological polar surface area (TPSA) is 46.3 Å². The molecule has 4 nitrogen and oxygen atoms in total. The van der Waals surface area contributed by atoms with Crippen LogP contribution >= 0.6 is 0 Å². The van der Waals surface area contributed by atoms with Gasteiger partial charge in [0.2, 0.25) is 5.91 Å². The number of furan rings is 1. The van der Waals surface area contributed by atoms with E-state index in [9.17, 15) is 4.79 Å². The first kappa shape index (κ1) is 16.6. The Morgan fingerprint density at radius 3 is 2.77 bits per heavy atom. The molecule has 1 amide bonds. The second kappa shape index (κ2) is 7.56. The van der Waals surface area contributed by atoms with Gasteiger partial charge in [-0.3, -0.25) is 9.78 Å². The zero-order valence-corrected chi connectivity index (χ0v) is 14.7. The largest absolute Gasteiger partial charge is 0.467 e. The third-order valence-corrected chi connectivity index (χ3v) is 5.04. The van der Waals surface area contributed by atoms with Gasteiger partial charge in [-0.1, -0.05) is 30.3 Å². The van der Waals surface area contributed by atoms with Gasteiger partial charge in [0.25, 0.3) is 0 Å². The van der Waals surface area contributed by atoms with E-state index in [1.54, 1.807) is 12.5 Å². The molecule has 0 unspecified atom stereocenters. The summed E-state index contributed by atoms with van der Waals surface area (Å²) in [5.74, 6) is 1.25. The van der Waals surface area contributed by atoms with Gasteiger partial charge in [0.1, 0.15) is 5.76 Å². The van der Waals surface area contributed by atoms with Gasteiger partial charge < -0.3 is 9.32 Å². The van der Waals surface area contributed by atoms with Crippen LogP contribution in [-0.2, 0) is 24.3 Å². The van der Waals surface area contributed by atoms with Crippen molar-refractivity contribution < 1.29 is 9.21 Å². The number of hydrogen-bond donors (Lipinski definition) is 0. The minimum Gasteiger partial charge on any atom is -0.467 e. The Hall–Kier alpha value is -2.88. The number of rotatable bonds is 6. The standard InChI is InChI=1S/C22H22N2O2/c25-22(14-18-11-10-17-6-1-2-9-21(17)18)24(16-20-8-5-13-26-20)15-19-7-3-4-12-23-19/h1-9,12-13,18H,10-11,14-16H2/t18-/m1/s1. The molecular weight excluding hydrogens is 324 g/mol. The average Bonchev–Trinajstić information content (AvgIpc) is 3.32. The van der Waals surface area contributed by atoms with Crippen LogP contribution in [0, 0.1) is 0 Å². The summed E-state index contributed by atoms with van der Waals surface area (Å²) in [5, 5.41) is 0. The number of hydrogen-bond acceptors (Lipinski definition) is 3. The molecule has 1 aliphatic carbocycles. The number of aromatic nitrogens is 1. The van der Waals surface area contributed by atoms with Crippen LogP contribution in [0.1, 0.15) is 41.3 Å². The Bertz CT molecular complexity index is 859. The Labute approximate surface area is 153 Å². The summed E-state index contributed by atoms with van der Waals surface area (Å²) in [6.45, 7) is 0.964. The molecule has 0 saturated carbocycles. The third-order valence-electron chi connectivity index (χ3n) is 5.04. The van der Waals surface area contributed by atoms with E-state index < -0.39 is 0 Å². The van der Waals surface area contributed by atoms with Crippen LogP contribution in [0.5, 0.6) is 0 Å². The maximum absolute atomic E-state index is 13.1. The van der Waals surface area contributed by atoms with E-state index in [0.717, 1.165) is 24.3 Å². The molecule has 3 aromatic rings. The number of pyridine rings is 1. The molecule has 2 aromatic heterocycles. The molecular formula is C22H22N2O2. The molecule has 0 aliphatic heterocycles. The van der Waals surface area contributed by atoms with Gasteiger partial charge in [-0.15, -0.1) is 0 Å². The van der Waals surface area contributed by atoms with Crippen molar-refractivity contribution in [3.05, 3.63) is 89.6 Å². The highest BCUT2D eigenvalue weighted by atomic mass is 16.3. The molecule has 0 spiro atoms. The molecule has 1 aliphatic rings. The Balaban J connectivity index is 1.50. The molecule has 0 bridgehead atoms. The fourth-order valence-electron chi connectivity index (χ4n) is 3.71. The zero-order valence-electron chi connectivity index (χ0n) is 14.7. The van der Waals surface area contributed by atoms with Crippen molar-refractivity contribution in [1.82, 2.24) is 9.88 Å². The van der Waals surface area contributed by atoms with Crippen LogP contribution in [0.25, 0.3) is 0 Å². The predicted octanol–water partition coefficient (Wildman–Crippen LogP) is 4.32. The molecule has 0 fully saturated rings. The van der Waals surface area contributed by atoms with Crippen LogP contribution in [0.3, 0.4) is 0 Å². The highest BCUT2D eigenvalue weighted by molar-refractivity contribution is 5.77. The van der Waals surface area contributed by atoms with Gasteiger partial charge in [-0.05, 0) is 54.2 Å². The molecule has 1 aromatic carbocycles. The minimum absolute atomic E-state index is 0.147. The van der Waals surface area contributed by atoms with Crippen LogP contribution in [0.2, 0.25) is 0 Å². The van der Waals surface area contributed by atoms with Crippen LogP contribution in [0.15, 0.2) is 71.5 Å². The first-order valence-electron chi connectivity index (χ1n) is 9.07. The van der Waals surface area contributed by atoms with Gasteiger partial charge in [-0.25, -0.2) is 0 Å². The normalized spacial score (nSPS) is 15.6. The third kappa shape index (κ3) is 3.69. The summed E-state index contributed by atoms with van der Waals surface area (Å²) in [6.07, 6.45) is 6.05. The van der Waals surface area contributed by atoms with Crippen LogP contribution in [0.4, 0.5) is 0 Å². The number of carbonyl (C=O) groups is 1. The van der Waals surface area contributed by atoms with Gasteiger partial charge >= 0.3 is 0 Å². The first-order valence-corrected chi connectivity index (χ1v) is 9.07. The van der Waals surface area contributed by atoms with Gasteiger partial charge in [-0.2, -0.15) is 0 Å². The second-order valence-corrected chi connectivity index (χ2v) is 6.79. The molecule has 4 rings (SSSR count). The number of benzene rings is 1. The fraction of sp³-hybridized carbons (Fsp3) is 0.273. The van der Waals surface area contributed by atoms with E-state index in [0.29, 0.717) is 25.4 Å². The molecule has 0 N–H and O–H groups in total. The number of fused-ring (bicyclic) bond motifs is 1. The van der Waals surface area contributed by atoms with Crippen molar-refractivity contribution in [1.29, 1.82) is 0 Å². The lowest BCUT2D eigenvalue weighted by atomic mass is 9.97. The van der Waals surface area contributed by atoms with Gasteiger partial charge in [0.15, 0.2) is 0 Å². The van der Waals surface area contributed by atoms with Crippen molar-refractivity contribution in [3.8, 4) is 0 Å². The molecule has 26 heavy (non-hydrogen) atoms. The van der Waals surface area contributed by atoms with E-state index in [2.05, 4.69) is 29.2 Å². The average molecular weight is 346 g/mol. The predicted molar refractivity (Wildman–Crippen MR) is 99.3 cm³/mol. The van der Waals surface area contributed by atoms with Gasteiger partial charge in [0, 0.05) is 12.6 Å². The molecule has 132 valence electrons. The SMILES string of the molecule is O=C(C[C@H]1CCc2ccccc21)N(Cc1ccccn1)Cc1ccco1. The Morgan fingerprint density at radius 1 is 1.08 bits per heavy atom. The van der Waals surface area contributed by atoms with E-state index in [1.165, 1.54) is 11.1 Å². The number of carbonyl (C=O) groups excluding carboxylic acids is 1. The van der Waals surface area contributed by atoms with E-state index in [-0.39, 0.29) is 5.91 Å². The summed E-state index contributed by atoms with van der Waals surface area (Å²) in [4.78, 5) is 19.3. The van der Waals surface area contributed by atoms with Crippen molar-refractivity contribution in [2.24, 2.45) is 0 Å². The maximum Gasteiger partial charge on any atom is 0.223 e. The smallest absolute Gasteiger partial charge is 0.223 e. The number of aryl methyl sites for hydroxylation is 1. The number of amides is 1. The quantitative estimate of drug-likeness (QED) is 0.668. The van der Waals surface area contributed by atoms with Crippen LogP contribution in [-0.4, -0.2) is 15.8 Å². The lowest BCUT2D eigenvalue weighted by molar-refractivity contribution is -0.133. The van der Waals surface area contributed by atoms with Crippen molar-refractivity contribution in [2.75, 3.05) is 0 Å². The summed E-state index contributed by atoms with van der Waals surface area (Å²) in [6, 6.07) is 18.0. The lowest BCUT2D eigenvalue weighted by Crippen LogP contribution is -2.31. The van der Waals surface area contributed by atoms with Crippen LogP contribution < -0.4 is 0 Å². The van der Waals surface area contributed by atoms with Crippen molar-refractivity contribution in [2.45, 2.75) is 38.3 Å². The molecule has 0 radical (unpaired) electrons. The Morgan fingerprint density at radius 2 is 1.96 bits per heavy atom. The molecule has 2 heterocycles. The number of nitrogens with zero attached hydrogens (tertiary/aromatic N) is 2. The van der Waals surface area contributed by atoms with E-state index in [1.807, 2.05) is 35.2 Å². The first-order chi connectivity index (χ1) is 12.8. The Kier molecular flexibility index (Phi) is 4.82. The highest BCUT2D eigenvalue weighted by Crippen LogP contribution is 2.35. The molecule has 0 saturated heterocycles. The highest BCUT2D eigenvalue weighted by Gasteiger charge is 2.27. The zero-order chi connectivity index (χ0) is 17.8. The second-order valence-electron chi connectivity index (χ2n) is 6.79. The van der Waals surface area contributed by atoms with Gasteiger partial charge in [0.05, 0.1) is 25.0 Å². The fourth-order valence-corrected chi connectivity index (χ4v) is 3.71. The molecule has 1 atom stereocenters. The lowest BCUT2D eigenvalue weighted by Gasteiger charge is -2.23. The maximum atomic E-state index is 13.1. The van der Waals surface area contributed by atoms with Crippen molar-refractivity contribution >= 4 is 5.91 Å². The summed E-state index contributed by atoms with van der Waals surface area (Å²) in [7, 11) is 0. The molecule has 4 heteroatoms. The monoisotopic (exact) mass is 346 g/mol. The van der Waals surface area contributed by atoms with E-state index in [4.69, 9.17) is 4.42 Å². The summed E-state index contributed by atoms with van der Waals surface area (Å²) in [5.41, 5.74) is 3.60.